The Kier molecular flexibility index (Phi) is 1.26. The van der Waals surface area contributed by atoms with Gasteiger partial charge in [-0.3, -0.25) is 0 Å². The van der Waals surface area contributed by atoms with E-state index in [4.69, 9.17) is 0 Å². The zero-order chi connectivity index (χ0) is 8.28. The quantitative estimate of drug-likeness (QED) is 0.567. The second-order valence-corrected chi connectivity index (χ2v) is 5.13. The largest absolute Gasteiger partial charge is 0.393 e. The van der Waals surface area contributed by atoms with Gasteiger partial charge < -0.3 is 5.11 Å². The van der Waals surface area contributed by atoms with E-state index < -0.39 is 0 Å². The Hall–Kier alpha value is -0.0400. The van der Waals surface area contributed by atoms with Gasteiger partial charge in [0.25, 0.3) is 0 Å². The molecule has 2 saturated carbocycles. The fourth-order valence-electron chi connectivity index (χ4n) is 3.16. The van der Waals surface area contributed by atoms with Crippen molar-refractivity contribution in [3.05, 3.63) is 0 Å². The van der Waals surface area contributed by atoms with E-state index in [2.05, 4.69) is 20.8 Å². The number of aliphatic hydroxyl groups excluding tert-OH is 1. The van der Waals surface area contributed by atoms with Crippen LogP contribution in [0, 0.1) is 16.7 Å². The SMILES string of the molecule is CC1(C)[C@@H]2CC[C@@]1(C)C(O)C2. The van der Waals surface area contributed by atoms with Gasteiger partial charge in [0.05, 0.1) is 6.10 Å². The van der Waals surface area contributed by atoms with Crippen molar-refractivity contribution in [2.45, 2.75) is 46.1 Å². The van der Waals surface area contributed by atoms with Gasteiger partial charge in [-0.1, -0.05) is 20.8 Å². The minimum atomic E-state index is -0.0313. The first-order valence-electron chi connectivity index (χ1n) is 4.66. The van der Waals surface area contributed by atoms with Crippen LogP contribution in [0.2, 0.25) is 0 Å². The average molecular weight is 154 g/mol. The summed E-state index contributed by atoms with van der Waals surface area (Å²) in [6.45, 7) is 6.90. The summed E-state index contributed by atoms with van der Waals surface area (Å²) in [5.41, 5.74) is 0.601. The number of hydrogen-bond donors (Lipinski definition) is 1. The van der Waals surface area contributed by atoms with Crippen LogP contribution >= 0.6 is 0 Å². The number of hydrogen-bond acceptors (Lipinski definition) is 1. The van der Waals surface area contributed by atoms with Crippen LogP contribution in [0.3, 0.4) is 0 Å². The summed E-state index contributed by atoms with van der Waals surface area (Å²) in [6.07, 6.45) is 3.58. The second kappa shape index (κ2) is 1.82. The van der Waals surface area contributed by atoms with Gasteiger partial charge in [-0.2, -0.15) is 0 Å². The first kappa shape index (κ1) is 7.60. The van der Waals surface area contributed by atoms with Gasteiger partial charge in [-0.25, -0.2) is 0 Å². The van der Waals surface area contributed by atoms with Crippen LogP contribution in [-0.2, 0) is 0 Å². The van der Waals surface area contributed by atoms with Crippen molar-refractivity contribution in [3.8, 4) is 0 Å². The molecule has 2 rings (SSSR count). The molecule has 1 heteroatoms. The lowest BCUT2D eigenvalue weighted by Crippen LogP contribution is -2.35. The molecule has 1 nitrogen and oxygen atoms in total. The fraction of sp³-hybridized carbons (Fsp3) is 1.00. The lowest BCUT2D eigenvalue weighted by atomic mass is 9.70. The summed E-state index contributed by atoms with van der Waals surface area (Å²) < 4.78 is 0. The molecule has 0 aromatic carbocycles. The normalized spacial score (nSPS) is 53.5. The van der Waals surface area contributed by atoms with Crippen molar-refractivity contribution in [1.82, 2.24) is 0 Å². The Morgan fingerprint density at radius 1 is 1.27 bits per heavy atom. The molecule has 3 atom stereocenters. The molecule has 11 heavy (non-hydrogen) atoms. The van der Waals surface area contributed by atoms with Crippen LogP contribution < -0.4 is 0 Å². The van der Waals surface area contributed by atoms with E-state index in [0.717, 1.165) is 12.3 Å². The van der Waals surface area contributed by atoms with E-state index in [1.165, 1.54) is 12.8 Å². The Balaban J connectivity index is 2.40. The minimum Gasteiger partial charge on any atom is -0.393 e. The lowest BCUT2D eigenvalue weighted by molar-refractivity contribution is 0.0126. The van der Waals surface area contributed by atoms with Crippen LogP contribution in [-0.4, -0.2) is 11.2 Å². The molecule has 2 aliphatic rings. The zero-order valence-corrected chi connectivity index (χ0v) is 7.72. The zero-order valence-electron chi connectivity index (χ0n) is 7.72. The number of aliphatic hydroxyl groups is 1. The van der Waals surface area contributed by atoms with Gasteiger partial charge in [0, 0.05) is 0 Å². The summed E-state index contributed by atoms with van der Waals surface area (Å²) in [5, 5.41) is 9.81. The maximum absolute atomic E-state index is 9.81. The van der Waals surface area contributed by atoms with Crippen LogP contribution in [0.1, 0.15) is 40.0 Å². The third-order valence-corrected chi connectivity index (χ3v) is 4.75. The first-order valence-corrected chi connectivity index (χ1v) is 4.66. The summed E-state index contributed by atoms with van der Waals surface area (Å²) in [4.78, 5) is 0. The second-order valence-electron chi connectivity index (χ2n) is 5.13. The number of rotatable bonds is 0. The molecule has 1 N–H and O–H groups in total. The Morgan fingerprint density at radius 2 is 1.91 bits per heavy atom. The standard InChI is InChI=1S/C10H18O/c1-9(2)7-4-5-10(9,3)8(11)6-7/h7-8,11H,4-6H2,1-3H3/t7-,8?,10+/m1/s1. The topological polar surface area (TPSA) is 20.2 Å². The molecule has 2 aliphatic carbocycles. The van der Waals surface area contributed by atoms with Crippen molar-refractivity contribution in [3.63, 3.8) is 0 Å². The molecule has 2 fully saturated rings. The third-order valence-electron chi connectivity index (χ3n) is 4.75. The Bertz CT molecular complexity index is 185. The molecule has 0 spiro atoms. The smallest absolute Gasteiger partial charge is 0.0601 e. The van der Waals surface area contributed by atoms with Crippen LogP contribution in [0.5, 0.6) is 0 Å². The average Bonchev–Trinajstić information content (AvgIpc) is 2.20. The molecule has 64 valence electrons. The van der Waals surface area contributed by atoms with Gasteiger partial charge >= 0.3 is 0 Å². The molecular formula is C10H18O. The van der Waals surface area contributed by atoms with Crippen LogP contribution in [0.4, 0.5) is 0 Å². The van der Waals surface area contributed by atoms with Crippen molar-refractivity contribution in [2.24, 2.45) is 16.7 Å². The van der Waals surface area contributed by atoms with E-state index in [1.807, 2.05) is 0 Å². The minimum absolute atomic E-state index is 0.0313. The van der Waals surface area contributed by atoms with E-state index in [-0.39, 0.29) is 11.5 Å². The van der Waals surface area contributed by atoms with Crippen LogP contribution in [0.25, 0.3) is 0 Å². The summed E-state index contributed by atoms with van der Waals surface area (Å²) in [7, 11) is 0. The first-order chi connectivity index (χ1) is 4.98. The van der Waals surface area contributed by atoms with Gasteiger partial charge in [0.1, 0.15) is 0 Å². The number of fused-ring (bicyclic) bond motifs is 2. The van der Waals surface area contributed by atoms with E-state index >= 15 is 0 Å². The molecule has 0 heterocycles. The van der Waals surface area contributed by atoms with Crippen molar-refractivity contribution in [1.29, 1.82) is 0 Å². The van der Waals surface area contributed by atoms with E-state index in [1.54, 1.807) is 0 Å². The lowest BCUT2D eigenvalue weighted by Gasteiger charge is -2.36. The highest BCUT2D eigenvalue weighted by molar-refractivity contribution is 5.10. The predicted molar refractivity (Wildman–Crippen MR) is 45.2 cm³/mol. The molecule has 0 aliphatic heterocycles. The maximum Gasteiger partial charge on any atom is 0.0601 e. The molecule has 0 radical (unpaired) electrons. The Morgan fingerprint density at radius 3 is 2.09 bits per heavy atom. The molecule has 0 aromatic heterocycles. The van der Waals surface area contributed by atoms with Gasteiger partial charge in [-0.05, 0) is 36.0 Å². The van der Waals surface area contributed by atoms with Crippen molar-refractivity contribution >= 4 is 0 Å². The monoisotopic (exact) mass is 154 g/mol. The highest BCUT2D eigenvalue weighted by Gasteiger charge is 2.60. The van der Waals surface area contributed by atoms with Crippen molar-refractivity contribution < 1.29 is 5.11 Å². The highest BCUT2D eigenvalue weighted by Crippen LogP contribution is 2.65. The van der Waals surface area contributed by atoms with Crippen LogP contribution in [0.15, 0.2) is 0 Å². The summed E-state index contributed by atoms with van der Waals surface area (Å²) in [6, 6.07) is 0. The van der Waals surface area contributed by atoms with E-state index in [9.17, 15) is 5.11 Å². The van der Waals surface area contributed by atoms with Gasteiger partial charge in [-0.15, -0.1) is 0 Å². The van der Waals surface area contributed by atoms with Crippen molar-refractivity contribution in [2.75, 3.05) is 0 Å². The molecule has 0 amide bonds. The maximum atomic E-state index is 9.81. The van der Waals surface area contributed by atoms with E-state index in [0.29, 0.717) is 5.41 Å². The molecule has 0 aromatic rings. The summed E-state index contributed by atoms with van der Waals surface area (Å²) in [5.74, 6) is 0.780. The van der Waals surface area contributed by atoms with Gasteiger partial charge in [0.2, 0.25) is 0 Å². The molecule has 1 unspecified atom stereocenters. The Labute approximate surface area is 68.8 Å². The third kappa shape index (κ3) is 0.658. The molecule has 0 saturated heterocycles. The molecule has 2 bridgehead atoms. The highest BCUT2D eigenvalue weighted by atomic mass is 16.3. The summed E-state index contributed by atoms with van der Waals surface area (Å²) >= 11 is 0. The van der Waals surface area contributed by atoms with Gasteiger partial charge in [0.15, 0.2) is 0 Å². The predicted octanol–water partition coefficient (Wildman–Crippen LogP) is 2.19. The fourth-order valence-corrected chi connectivity index (χ4v) is 3.16. The molecular weight excluding hydrogens is 136 g/mol.